The first-order valence-electron chi connectivity index (χ1n) is 8.57. The standard InChI is InChI=1S/C20H32O2.Li/c1-2-3-4-5-6-7-8-9-10-11-12-13-14-15-16-17-18-19-20(21)22;/h6-7,9-10,12-13,15-16H,2-5,8,11,14,17-19H2,1H3,(H,21,22);/q;+1/p-1. The molecule has 0 radical (unpaired) electrons. The van der Waals surface area contributed by atoms with E-state index in [1.807, 2.05) is 6.08 Å². The van der Waals surface area contributed by atoms with Crippen LogP contribution in [0.4, 0.5) is 0 Å². The molecular weight excluding hydrogens is 279 g/mol. The molecule has 0 aromatic carbocycles. The zero-order valence-electron chi connectivity index (χ0n) is 15.0. The van der Waals surface area contributed by atoms with Crippen molar-refractivity contribution < 1.29 is 28.8 Å². The molecular formula is C20H31LiO2. The number of carbonyl (C=O) groups excluding carboxylic acids is 1. The van der Waals surface area contributed by atoms with Gasteiger partial charge in [-0.05, 0) is 51.4 Å². The third-order valence-corrected chi connectivity index (χ3v) is 3.21. The van der Waals surface area contributed by atoms with Gasteiger partial charge < -0.3 is 9.90 Å². The summed E-state index contributed by atoms with van der Waals surface area (Å²) < 4.78 is 0. The number of hydrogen-bond donors (Lipinski definition) is 0. The Labute approximate surface area is 154 Å². The van der Waals surface area contributed by atoms with Gasteiger partial charge in [-0.1, -0.05) is 68.4 Å². The van der Waals surface area contributed by atoms with Crippen LogP contribution in [0, 0.1) is 0 Å². The minimum Gasteiger partial charge on any atom is -0.550 e. The van der Waals surface area contributed by atoms with Gasteiger partial charge in [0.25, 0.3) is 0 Å². The molecule has 0 N–H and O–H groups in total. The third kappa shape index (κ3) is 23.4. The number of hydrogen-bond acceptors (Lipinski definition) is 2. The molecule has 0 saturated heterocycles. The summed E-state index contributed by atoms with van der Waals surface area (Å²) >= 11 is 0. The second-order valence-corrected chi connectivity index (χ2v) is 5.35. The maximum Gasteiger partial charge on any atom is 1.00 e. The van der Waals surface area contributed by atoms with Gasteiger partial charge in [0.2, 0.25) is 0 Å². The van der Waals surface area contributed by atoms with E-state index in [1.54, 1.807) is 0 Å². The Bertz CT molecular complexity index is 368. The summed E-state index contributed by atoms with van der Waals surface area (Å²) in [6, 6.07) is 0. The van der Waals surface area contributed by atoms with E-state index in [9.17, 15) is 9.90 Å². The predicted octanol–water partition coefficient (Wildman–Crippen LogP) is 1.89. The van der Waals surface area contributed by atoms with E-state index in [4.69, 9.17) is 0 Å². The van der Waals surface area contributed by atoms with Gasteiger partial charge in [0.15, 0.2) is 0 Å². The molecule has 0 amide bonds. The molecule has 124 valence electrons. The van der Waals surface area contributed by atoms with Crippen molar-refractivity contribution in [3.63, 3.8) is 0 Å². The molecule has 0 unspecified atom stereocenters. The van der Waals surface area contributed by atoms with Crippen LogP contribution in [-0.2, 0) is 4.79 Å². The largest absolute Gasteiger partial charge is 1.00 e. The zero-order valence-corrected chi connectivity index (χ0v) is 15.0. The molecule has 0 aliphatic carbocycles. The Morgan fingerprint density at radius 1 is 0.739 bits per heavy atom. The molecule has 3 heteroatoms. The monoisotopic (exact) mass is 310 g/mol. The van der Waals surface area contributed by atoms with Gasteiger partial charge in [-0.3, -0.25) is 0 Å². The summed E-state index contributed by atoms with van der Waals surface area (Å²) in [5.74, 6) is -0.962. The SMILES string of the molecule is CCCCCC=CCC=CCC=CCC=CCCCC(=O)[O-].[Li+]. The van der Waals surface area contributed by atoms with Crippen LogP contribution in [0.2, 0.25) is 0 Å². The smallest absolute Gasteiger partial charge is 0.550 e. The Hall–Kier alpha value is -0.973. The molecule has 0 atom stereocenters. The van der Waals surface area contributed by atoms with Crippen molar-refractivity contribution in [1.29, 1.82) is 0 Å². The van der Waals surface area contributed by atoms with E-state index in [2.05, 4.69) is 49.5 Å². The van der Waals surface area contributed by atoms with Gasteiger partial charge in [0.1, 0.15) is 0 Å². The number of carboxylic acids is 1. The molecule has 0 rings (SSSR count). The van der Waals surface area contributed by atoms with Gasteiger partial charge in [0.05, 0.1) is 0 Å². The number of allylic oxidation sites excluding steroid dienone is 8. The summed E-state index contributed by atoms with van der Waals surface area (Å²) in [5.41, 5.74) is 0. The minimum atomic E-state index is -0.962. The Kier molecular flexibility index (Phi) is 22.2. The van der Waals surface area contributed by atoms with Crippen LogP contribution in [0.25, 0.3) is 0 Å². The maximum atomic E-state index is 10.2. The number of rotatable bonds is 14. The first kappa shape index (κ1) is 24.3. The van der Waals surface area contributed by atoms with Gasteiger partial charge in [-0.25, -0.2) is 0 Å². The van der Waals surface area contributed by atoms with E-state index in [-0.39, 0.29) is 25.3 Å². The van der Waals surface area contributed by atoms with Crippen LogP contribution < -0.4 is 24.0 Å². The van der Waals surface area contributed by atoms with Gasteiger partial charge in [-0.15, -0.1) is 0 Å². The molecule has 0 saturated carbocycles. The average molecular weight is 310 g/mol. The second kappa shape index (κ2) is 21.0. The quantitative estimate of drug-likeness (QED) is 0.279. The number of carbonyl (C=O) groups is 1. The third-order valence-electron chi connectivity index (χ3n) is 3.21. The first-order valence-corrected chi connectivity index (χ1v) is 8.57. The summed E-state index contributed by atoms with van der Waals surface area (Å²) in [5, 5.41) is 10.2. The van der Waals surface area contributed by atoms with E-state index in [1.165, 1.54) is 25.7 Å². The first-order chi connectivity index (χ1) is 10.8. The fraction of sp³-hybridized carbons (Fsp3) is 0.550. The van der Waals surface area contributed by atoms with Gasteiger partial charge in [0, 0.05) is 5.97 Å². The van der Waals surface area contributed by atoms with Crippen molar-refractivity contribution in [2.45, 2.75) is 71.1 Å². The predicted molar refractivity (Wildman–Crippen MR) is 93.4 cm³/mol. The van der Waals surface area contributed by atoms with Gasteiger partial charge in [-0.2, -0.15) is 0 Å². The minimum absolute atomic E-state index is 0. The van der Waals surface area contributed by atoms with Crippen LogP contribution in [0.5, 0.6) is 0 Å². The van der Waals surface area contributed by atoms with E-state index in [0.717, 1.165) is 25.7 Å². The van der Waals surface area contributed by atoms with Crippen LogP contribution in [0.1, 0.15) is 71.1 Å². The molecule has 0 aliphatic heterocycles. The molecule has 0 heterocycles. The second-order valence-electron chi connectivity index (χ2n) is 5.35. The van der Waals surface area contributed by atoms with Crippen molar-refractivity contribution >= 4 is 5.97 Å². The number of unbranched alkanes of at least 4 members (excludes halogenated alkanes) is 4. The van der Waals surface area contributed by atoms with Crippen molar-refractivity contribution in [3.05, 3.63) is 48.6 Å². The van der Waals surface area contributed by atoms with Gasteiger partial charge >= 0.3 is 18.9 Å². The average Bonchev–Trinajstić information content (AvgIpc) is 2.50. The molecule has 0 fully saturated rings. The van der Waals surface area contributed by atoms with Crippen LogP contribution in [0.3, 0.4) is 0 Å². The van der Waals surface area contributed by atoms with Crippen molar-refractivity contribution in [1.82, 2.24) is 0 Å². The summed E-state index contributed by atoms with van der Waals surface area (Å²) in [4.78, 5) is 10.2. The van der Waals surface area contributed by atoms with E-state index < -0.39 is 5.97 Å². The number of aliphatic carboxylic acids is 1. The fourth-order valence-corrected chi connectivity index (χ4v) is 1.93. The van der Waals surface area contributed by atoms with Crippen LogP contribution in [-0.4, -0.2) is 5.97 Å². The molecule has 0 spiro atoms. The topological polar surface area (TPSA) is 40.1 Å². The van der Waals surface area contributed by atoms with Crippen molar-refractivity contribution in [3.8, 4) is 0 Å². The molecule has 0 aliphatic rings. The Morgan fingerprint density at radius 2 is 1.17 bits per heavy atom. The molecule has 23 heavy (non-hydrogen) atoms. The Morgan fingerprint density at radius 3 is 1.61 bits per heavy atom. The number of carboxylic acid groups (broad SMARTS) is 1. The zero-order chi connectivity index (χ0) is 16.3. The molecule has 0 bridgehead atoms. The van der Waals surface area contributed by atoms with Crippen LogP contribution in [0.15, 0.2) is 48.6 Å². The van der Waals surface area contributed by atoms with Crippen molar-refractivity contribution in [2.24, 2.45) is 0 Å². The fourth-order valence-electron chi connectivity index (χ4n) is 1.93. The van der Waals surface area contributed by atoms with E-state index >= 15 is 0 Å². The normalized spacial score (nSPS) is 11.9. The van der Waals surface area contributed by atoms with E-state index in [0.29, 0.717) is 6.42 Å². The Balaban J connectivity index is 0. The van der Waals surface area contributed by atoms with Crippen molar-refractivity contribution in [2.75, 3.05) is 0 Å². The molecule has 0 aromatic heterocycles. The van der Waals surface area contributed by atoms with Crippen LogP contribution >= 0.6 is 0 Å². The summed E-state index contributed by atoms with van der Waals surface area (Å²) in [6.45, 7) is 2.23. The summed E-state index contributed by atoms with van der Waals surface area (Å²) in [7, 11) is 0. The maximum absolute atomic E-state index is 10.2. The molecule has 2 nitrogen and oxygen atoms in total. The summed E-state index contributed by atoms with van der Waals surface area (Å²) in [6.07, 6.45) is 27.0. The molecule has 0 aromatic rings.